The number of pyridine rings is 1. The number of hydrogen-bond donors (Lipinski definition) is 2. The lowest BCUT2D eigenvalue weighted by Gasteiger charge is -2.34. The van der Waals surface area contributed by atoms with E-state index in [1.54, 1.807) is 0 Å². The summed E-state index contributed by atoms with van der Waals surface area (Å²) in [6.07, 6.45) is 4.22. The number of nitrogens with zero attached hydrogens (tertiary/aromatic N) is 1. The van der Waals surface area contributed by atoms with Gasteiger partial charge in [0.2, 0.25) is 0 Å². The highest BCUT2D eigenvalue weighted by Crippen LogP contribution is 2.17. The number of amides is 1. The molecule has 0 atom stereocenters. The molecule has 5 heteroatoms. The van der Waals surface area contributed by atoms with E-state index < -0.39 is 5.82 Å². The van der Waals surface area contributed by atoms with Crippen LogP contribution in [0.1, 0.15) is 30.1 Å². The summed E-state index contributed by atoms with van der Waals surface area (Å²) in [5.41, 5.74) is 0.0547. The standard InChI is InChI=1S/C12H16FN3O/c1-12(2-4-14-5-3-12)16-11(17)9-6-10(13)8-15-7-9/h6-8,14H,2-5H2,1H3,(H,16,17). The minimum absolute atomic E-state index is 0.214. The van der Waals surface area contributed by atoms with Gasteiger partial charge in [-0.1, -0.05) is 0 Å². The Morgan fingerprint density at radius 3 is 2.82 bits per heavy atom. The number of piperidine rings is 1. The monoisotopic (exact) mass is 237 g/mol. The first-order valence-corrected chi connectivity index (χ1v) is 5.73. The average molecular weight is 237 g/mol. The molecule has 1 aromatic rings. The lowest BCUT2D eigenvalue weighted by Crippen LogP contribution is -2.52. The van der Waals surface area contributed by atoms with Gasteiger partial charge in [0.1, 0.15) is 5.82 Å². The topological polar surface area (TPSA) is 54.0 Å². The third-order valence-corrected chi connectivity index (χ3v) is 3.09. The molecule has 1 aromatic heterocycles. The van der Waals surface area contributed by atoms with Gasteiger partial charge in [-0.3, -0.25) is 9.78 Å². The first-order valence-electron chi connectivity index (χ1n) is 5.73. The summed E-state index contributed by atoms with van der Waals surface area (Å²) >= 11 is 0. The van der Waals surface area contributed by atoms with E-state index in [1.807, 2.05) is 6.92 Å². The summed E-state index contributed by atoms with van der Waals surface area (Å²) in [7, 11) is 0. The normalized spacial score (nSPS) is 18.7. The average Bonchev–Trinajstić information content (AvgIpc) is 2.29. The molecule has 1 aliphatic rings. The fraction of sp³-hybridized carbons (Fsp3) is 0.500. The van der Waals surface area contributed by atoms with Gasteiger partial charge in [-0.05, 0) is 38.9 Å². The second-order valence-corrected chi connectivity index (χ2v) is 4.66. The quantitative estimate of drug-likeness (QED) is 0.809. The molecule has 4 nitrogen and oxygen atoms in total. The van der Waals surface area contributed by atoms with Crippen molar-refractivity contribution in [1.29, 1.82) is 0 Å². The van der Waals surface area contributed by atoms with Gasteiger partial charge in [-0.2, -0.15) is 0 Å². The Morgan fingerprint density at radius 2 is 2.18 bits per heavy atom. The van der Waals surface area contributed by atoms with Crippen molar-refractivity contribution in [3.63, 3.8) is 0 Å². The van der Waals surface area contributed by atoms with Gasteiger partial charge in [0.25, 0.3) is 5.91 Å². The Bertz CT molecular complexity index is 416. The van der Waals surface area contributed by atoms with Gasteiger partial charge in [0.15, 0.2) is 0 Å². The van der Waals surface area contributed by atoms with Crippen LogP contribution in [0, 0.1) is 5.82 Å². The van der Waals surface area contributed by atoms with Gasteiger partial charge in [0.05, 0.1) is 11.8 Å². The van der Waals surface area contributed by atoms with E-state index in [1.165, 1.54) is 12.3 Å². The molecular formula is C12H16FN3O. The van der Waals surface area contributed by atoms with E-state index in [0.29, 0.717) is 0 Å². The van der Waals surface area contributed by atoms with E-state index in [9.17, 15) is 9.18 Å². The second kappa shape index (κ2) is 4.79. The molecule has 0 unspecified atom stereocenters. The van der Waals surface area contributed by atoms with Crippen LogP contribution in [-0.2, 0) is 0 Å². The number of hydrogen-bond acceptors (Lipinski definition) is 3. The highest BCUT2D eigenvalue weighted by molar-refractivity contribution is 5.94. The number of carbonyl (C=O) groups is 1. The van der Waals surface area contributed by atoms with Crippen LogP contribution in [0.15, 0.2) is 18.5 Å². The smallest absolute Gasteiger partial charge is 0.253 e. The minimum Gasteiger partial charge on any atom is -0.347 e. The van der Waals surface area contributed by atoms with E-state index in [0.717, 1.165) is 32.1 Å². The summed E-state index contributed by atoms with van der Waals surface area (Å²) in [4.78, 5) is 15.6. The van der Waals surface area contributed by atoms with Gasteiger partial charge < -0.3 is 10.6 Å². The maximum Gasteiger partial charge on any atom is 0.253 e. The van der Waals surface area contributed by atoms with Crippen molar-refractivity contribution >= 4 is 5.91 Å². The summed E-state index contributed by atoms with van der Waals surface area (Å²) in [5, 5.41) is 6.19. The van der Waals surface area contributed by atoms with Crippen molar-refractivity contribution in [1.82, 2.24) is 15.6 Å². The van der Waals surface area contributed by atoms with Crippen LogP contribution in [0.4, 0.5) is 4.39 Å². The molecule has 2 rings (SSSR count). The molecule has 2 heterocycles. The number of aromatic nitrogens is 1. The zero-order chi connectivity index (χ0) is 12.3. The molecule has 0 aromatic carbocycles. The molecule has 0 bridgehead atoms. The Kier molecular flexibility index (Phi) is 3.38. The van der Waals surface area contributed by atoms with Gasteiger partial charge in [-0.25, -0.2) is 4.39 Å². The summed E-state index contributed by atoms with van der Waals surface area (Å²) in [6, 6.07) is 1.20. The van der Waals surface area contributed by atoms with Crippen molar-refractivity contribution in [2.45, 2.75) is 25.3 Å². The molecule has 17 heavy (non-hydrogen) atoms. The van der Waals surface area contributed by atoms with Crippen LogP contribution in [-0.4, -0.2) is 29.5 Å². The van der Waals surface area contributed by atoms with Crippen molar-refractivity contribution in [2.75, 3.05) is 13.1 Å². The molecule has 0 saturated carbocycles. The van der Waals surface area contributed by atoms with Crippen LogP contribution in [0.5, 0.6) is 0 Å². The molecule has 1 saturated heterocycles. The van der Waals surface area contributed by atoms with Crippen LogP contribution in [0.2, 0.25) is 0 Å². The molecule has 1 aliphatic heterocycles. The number of rotatable bonds is 2. The summed E-state index contributed by atoms with van der Waals surface area (Å²) < 4.78 is 12.9. The first-order chi connectivity index (χ1) is 8.09. The van der Waals surface area contributed by atoms with Crippen molar-refractivity contribution < 1.29 is 9.18 Å². The third kappa shape index (κ3) is 3.00. The third-order valence-electron chi connectivity index (χ3n) is 3.09. The first kappa shape index (κ1) is 12.0. The Labute approximate surface area is 99.6 Å². The zero-order valence-corrected chi connectivity index (χ0v) is 9.79. The number of carbonyl (C=O) groups excluding carboxylic acids is 1. The van der Waals surface area contributed by atoms with Gasteiger partial charge >= 0.3 is 0 Å². The SMILES string of the molecule is CC1(NC(=O)c2cncc(F)c2)CCNCC1. The van der Waals surface area contributed by atoms with E-state index >= 15 is 0 Å². The molecule has 0 aliphatic carbocycles. The molecule has 0 radical (unpaired) electrons. The molecule has 0 spiro atoms. The summed E-state index contributed by atoms with van der Waals surface area (Å²) in [6.45, 7) is 3.79. The lowest BCUT2D eigenvalue weighted by molar-refractivity contribution is 0.0886. The molecule has 1 fully saturated rings. The van der Waals surface area contributed by atoms with Gasteiger partial charge in [-0.15, -0.1) is 0 Å². The van der Waals surface area contributed by atoms with E-state index in [2.05, 4.69) is 15.6 Å². The van der Waals surface area contributed by atoms with Crippen LogP contribution in [0.25, 0.3) is 0 Å². The number of nitrogens with one attached hydrogen (secondary N) is 2. The lowest BCUT2D eigenvalue weighted by atomic mass is 9.90. The minimum atomic E-state index is -0.492. The maximum absolute atomic E-state index is 12.9. The second-order valence-electron chi connectivity index (χ2n) is 4.66. The molecule has 1 amide bonds. The highest BCUT2D eigenvalue weighted by atomic mass is 19.1. The van der Waals surface area contributed by atoms with Crippen molar-refractivity contribution in [3.05, 3.63) is 29.8 Å². The largest absolute Gasteiger partial charge is 0.347 e. The van der Waals surface area contributed by atoms with Crippen LogP contribution < -0.4 is 10.6 Å². The van der Waals surface area contributed by atoms with Crippen LogP contribution >= 0.6 is 0 Å². The highest BCUT2D eigenvalue weighted by Gasteiger charge is 2.28. The Hall–Kier alpha value is -1.49. The predicted octanol–water partition coefficient (Wildman–Crippen LogP) is 1.09. The Morgan fingerprint density at radius 1 is 1.47 bits per heavy atom. The van der Waals surface area contributed by atoms with E-state index in [-0.39, 0.29) is 17.0 Å². The maximum atomic E-state index is 12.9. The fourth-order valence-corrected chi connectivity index (χ4v) is 1.99. The van der Waals surface area contributed by atoms with Crippen molar-refractivity contribution in [2.24, 2.45) is 0 Å². The predicted molar refractivity (Wildman–Crippen MR) is 62.2 cm³/mol. The Balaban J connectivity index is 2.06. The van der Waals surface area contributed by atoms with E-state index in [4.69, 9.17) is 0 Å². The zero-order valence-electron chi connectivity index (χ0n) is 9.79. The number of halogens is 1. The molecule has 2 N–H and O–H groups in total. The van der Waals surface area contributed by atoms with Crippen LogP contribution in [0.3, 0.4) is 0 Å². The molecule has 92 valence electrons. The fourth-order valence-electron chi connectivity index (χ4n) is 1.99. The van der Waals surface area contributed by atoms with Gasteiger partial charge in [0, 0.05) is 11.7 Å². The van der Waals surface area contributed by atoms with Crippen molar-refractivity contribution in [3.8, 4) is 0 Å². The molecular weight excluding hydrogens is 221 g/mol. The summed E-state index contributed by atoms with van der Waals surface area (Å²) in [5.74, 6) is -0.755.